The van der Waals surface area contributed by atoms with Crippen LogP contribution in [-0.4, -0.2) is 6.73 Å². The number of hydrogen-bond donors (Lipinski definition) is 0. The molecule has 4 rings (SSSR count). The van der Waals surface area contributed by atoms with Crippen molar-refractivity contribution in [3.8, 4) is 5.75 Å². The summed E-state index contributed by atoms with van der Waals surface area (Å²) in [6.45, 7) is 3.06. The third-order valence-electron chi connectivity index (χ3n) is 4.03. The first-order valence-electron chi connectivity index (χ1n) is 7.21. The van der Waals surface area contributed by atoms with Gasteiger partial charge in [0.15, 0.2) is 6.73 Å². The minimum absolute atomic E-state index is 0.324. The second kappa shape index (κ2) is 4.91. The molecule has 3 aromatic rings. The molecular formula is C18H15NO3. The van der Waals surface area contributed by atoms with Crippen molar-refractivity contribution in [3.05, 3.63) is 70.1 Å². The molecule has 110 valence electrons. The number of nitrogens with zero attached hydrogens (tertiary/aromatic N) is 1. The Morgan fingerprint density at radius 2 is 1.91 bits per heavy atom. The molecule has 1 aliphatic heterocycles. The zero-order chi connectivity index (χ0) is 15.1. The van der Waals surface area contributed by atoms with E-state index in [0.29, 0.717) is 18.9 Å². The number of rotatable bonds is 1. The van der Waals surface area contributed by atoms with Crippen LogP contribution in [0.4, 0.5) is 5.69 Å². The first-order valence-corrected chi connectivity index (χ1v) is 7.21. The molecule has 22 heavy (non-hydrogen) atoms. The number of aryl methyl sites for hydroxylation is 1. The third-order valence-corrected chi connectivity index (χ3v) is 4.03. The molecule has 0 spiro atoms. The molecule has 0 atom stereocenters. The molecule has 0 bridgehead atoms. The lowest BCUT2D eigenvalue weighted by molar-refractivity contribution is 0.289. The Hall–Kier alpha value is -2.75. The van der Waals surface area contributed by atoms with Crippen molar-refractivity contribution in [1.82, 2.24) is 0 Å². The average molecular weight is 293 g/mol. The third kappa shape index (κ3) is 2.04. The van der Waals surface area contributed by atoms with Crippen LogP contribution in [0.5, 0.6) is 5.75 Å². The molecule has 4 heteroatoms. The highest BCUT2D eigenvalue weighted by Crippen LogP contribution is 2.34. The molecule has 0 fully saturated rings. The van der Waals surface area contributed by atoms with Crippen LogP contribution in [0.15, 0.2) is 57.7 Å². The van der Waals surface area contributed by atoms with Gasteiger partial charge in [-0.1, -0.05) is 18.2 Å². The first kappa shape index (κ1) is 13.0. The van der Waals surface area contributed by atoms with Crippen LogP contribution in [-0.2, 0) is 6.54 Å². The molecule has 1 aromatic heterocycles. The van der Waals surface area contributed by atoms with Crippen molar-refractivity contribution >= 4 is 16.7 Å². The van der Waals surface area contributed by atoms with Gasteiger partial charge >= 0.3 is 5.63 Å². The molecule has 0 radical (unpaired) electrons. The van der Waals surface area contributed by atoms with Gasteiger partial charge in [-0.25, -0.2) is 4.79 Å². The van der Waals surface area contributed by atoms with Crippen molar-refractivity contribution in [2.24, 2.45) is 0 Å². The van der Waals surface area contributed by atoms with Gasteiger partial charge in [-0.15, -0.1) is 0 Å². The lowest BCUT2D eigenvalue weighted by Crippen LogP contribution is -2.32. The summed E-state index contributed by atoms with van der Waals surface area (Å²) >= 11 is 0. The SMILES string of the molecule is Cc1cc(=O)oc2c3c(ccc12)OCN(c1ccccc1)C3. The molecule has 0 amide bonds. The van der Waals surface area contributed by atoms with Crippen LogP contribution in [0.3, 0.4) is 0 Å². The molecule has 0 saturated carbocycles. The fourth-order valence-electron chi connectivity index (χ4n) is 2.89. The van der Waals surface area contributed by atoms with Gasteiger partial charge in [0.2, 0.25) is 0 Å². The largest absolute Gasteiger partial charge is 0.473 e. The summed E-state index contributed by atoms with van der Waals surface area (Å²) < 4.78 is 11.3. The quantitative estimate of drug-likeness (QED) is 0.644. The van der Waals surface area contributed by atoms with Crippen LogP contribution < -0.4 is 15.3 Å². The maximum Gasteiger partial charge on any atom is 0.336 e. The van der Waals surface area contributed by atoms with Crippen molar-refractivity contribution in [3.63, 3.8) is 0 Å². The second-order valence-corrected chi connectivity index (χ2v) is 5.47. The fraction of sp³-hybridized carbons (Fsp3) is 0.167. The summed E-state index contributed by atoms with van der Waals surface area (Å²) in [5, 5.41) is 0.955. The lowest BCUT2D eigenvalue weighted by Gasteiger charge is -2.31. The maximum absolute atomic E-state index is 11.7. The second-order valence-electron chi connectivity index (χ2n) is 5.47. The Labute approximate surface area is 127 Å². The summed E-state index contributed by atoms with van der Waals surface area (Å²) in [6, 6.07) is 15.5. The van der Waals surface area contributed by atoms with Crippen LogP contribution in [0.2, 0.25) is 0 Å². The highest BCUT2D eigenvalue weighted by atomic mass is 16.5. The van der Waals surface area contributed by atoms with Gasteiger partial charge in [-0.05, 0) is 36.8 Å². The predicted molar refractivity (Wildman–Crippen MR) is 85.3 cm³/mol. The van der Waals surface area contributed by atoms with Crippen LogP contribution in [0, 0.1) is 6.92 Å². The number of para-hydroxylation sites is 1. The molecule has 0 saturated heterocycles. The first-order chi connectivity index (χ1) is 10.7. The van der Waals surface area contributed by atoms with Crippen molar-refractivity contribution in [2.45, 2.75) is 13.5 Å². The van der Waals surface area contributed by atoms with E-state index in [0.717, 1.165) is 28.0 Å². The number of ether oxygens (including phenoxy) is 1. The average Bonchev–Trinajstić information content (AvgIpc) is 2.55. The predicted octanol–water partition coefficient (Wildman–Crippen LogP) is 3.46. The van der Waals surface area contributed by atoms with E-state index in [9.17, 15) is 4.79 Å². The van der Waals surface area contributed by atoms with E-state index in [1.54, 1.807) is 0 Å². The fourth-order valence-corrected chi connectivity index (χ4v) is 2.89. The Balaban J connectivity index is 1.86. The Morgan fingerprint density at radius 1 is 1.09 bits per heavy atom. The summed E-state index contributed by atoms with van der Waals surface area (Å²) in [7, 11) is 0. The van der Waals surface area contributed by atoms with Crippen molar-refractivity contribution in [2.75, 3.05) is 11.6 Å². The Kier molecular flexibility index (Phi) is 2.89. The van der Waals surface area contributed by atoms with Crippen molar-refractivity contribution in [1.29, 1.82) is 0 Å². The number of fused-ring (bicyclic) bond motifs is 3. The molecule has 2 heterocycles. The maximum atomic E-state index is 11.7. The summed E-state index contributed by atoms with van der Waals surface area (Å²) in [5.41, 5.74) is 3.23. The summed E-state index contributed by atoms with van der Waals surface area (Å²) in [5.74, 6) is 0.786. The van der Waals surface area contributed by atoms with Crippen LogP contribution >= 0.6 is 0 Å². The van der Waals surface area contributed by atoms with E-state index in [1.165, 1.54) is 6.07 Å². The van der Waals surface area contributed by atoms with Gasteiger partial charge < -0.3 is 14.1 Å². The molecule has 0 unspecified atom stereocenters. The Bertz CT molecular complexity index is 899. The highest BCUT2D eigenvalue weighted by molar-refractivity contribution is 5.85. The van der Waals surface area contributed by atoms with E-state index in [1.807, 2.05) is 49.4 Å². The smallest absolute Gasteiger partial charge is 0.336 e. The lowest BCUT2D eigenvalue weighted by atomic mass is 10.0. The zero-order valence-electron chi connectivity index (χ0n) is 12.2. The monoisotopic (exact) mass is 293 g/mol. The van der Waals surface area contributed by atoms with E-state index < -0.39 is 0 Å². The summed E-state index contributed by atoms with van der Waals surface area (Å²) in [6.07, 6.45) is 0. The van der Waals surface area contributed by atoms with E-state index >= 15 is 0 Å². The van der Waals surface area contributed by atoms with Crippen molar-refractivity contribution < 1.29 is 9.15 Å². The topological polar surface area (TPSA) is 42.7 Å². The molecule has 4 nitrogen and oxygen atoms in total. The van der Waals surface area contributed by atoms with Gasteiger partial charge in [-0.3, -0.25) is 0 Å². The minimum Gasteiger partial charge on any atom is -0.473 e. The Morgan fingerprint density at radius 3 is 2.73 bits per heavy atom. The molecular weight excluding hydrogens is 278 g/mol. The van der Waals surface area contributed by atoms with Crippen LogP contribution in [0.25, 0.3) is 11.0 Å². The number of anilines is 1. The summed E-state index contributed by atoms with van der Waals surface area (Å²) in [4.78, 5) is 13.8. The normalized spacial score (nSPS) is 13.8. The highest BCUT2D eigenvalue weighted by Gasteiger charge is 2.22. The zero-order valence-corrected chi connectivity index (χ0v) is 12.2. The van der Waals surface area contributed by atoms with E-state index in [4.69, 9.17) is 9.15 Å². The van der Waals surface area contributed by atoms with Gasteiger partial charge in [0.1, 0.15) is 11.3 Å². The number of benzene rings is 2. The minimum atomic E-state index is -0.324. The standard InChI is InChI=1S/C18H15NO3/c1-12-9-17(20)22-18-14(12)7-8-16-15(18)10-19(11-21-16)13-5-3-2-4-6-13/h2-9H,10-11H2,1H3. The number of hydrogen-bond acceptors (Lipinski definition) is 4. The molecule has 1 aliphatic rings. The van der Waals surface area contributed by atoms with E-state index in [-0.39, 0.29) is 5.63 Å². The van der Waals surface area contributed by atoms with Gasteiger partial charge in [0.25, 0.3) is 0 Å². The van der Waals surface area contributed by atoms with E-state index in [2.05, 4.69) is 4.90 Å². The van der Waals surface area contributed by atoms with Gasteiger partial charge in [0, 0.05) is 17.1 Å². The molecule has 2 aromatic carbocycles. The molecule has 0 aliphatic carbocycles. The van der Waals surface area contributed by atoms with Crippen LogP contribution in [0.1, 0.15) is 11.1 Å². The van der Waals surface area contributed by atoms with Gasteiger partial charge in [0.05, 0.1) is 12.1 Å². The van der Waals surface area contributed by atoms with Gasteiger partial charge in [-0.2, -0.15) is 0 Å². The molecule has 0 N–H and O–H groups in total.